The van der Waals surface area contributed by atoms with Gasteiger partial charge in [-0.05, 0) is 25.1 Å². The van der Waals surface area contributed by atoms with Gasteiger partial charge in [-0.15, -0.1) is 0 Å². The van der Waals surface area contributed by atoms with Gasteiger partial charge in [0.15, 0.2) is 0 Å². The van der Waals surface area contributed by atoms with E-state index in [-0.39, 0.29) is 0 Å². The highest BCUT2D eigenvalue weighted by atomic mass is 15.0. The van der Waals surface area contributed by atoms with Crippen molar-refractivity contribution in [1.82, 2.24) is 8.97 Å². The molecule has 3 aromatic heterocycles. The molecule has 0 saturated heterocycles. The van der Waals surface area contributed by atoms with Gasteiger partial charge in [0.2, 0.25) is 0 Å². The van der Waals surface area contributed by atoms with Gasteiger partial charge in [0.25, 0.3) is 0 Å². The monoisotopic (exact) mass is 184 g/mol. The topological polar surface area (TPSA) is 9.34 Å². The first-order valence-electron chi connectivity index (χ1n) is 4.79. The molecule has 0 aromatic carbocycles. The zero-order valence-corrected chi connectivity index (χ0v) is 8.36. The second kappa shape index (κ2) is 2.41. The molecule has 0 fully saturated rings. The van der Waals surface area contributed by atoms with Crippen molar-refractivity contribution < 1.29 is 0 Å². The van der Waals surface area contributed by atoms with Crippen LogP contribution in [0.25, 0.3) is 16.4 Å². The third-order valence-corrected chi connectivity index (χ3v) is 2.91. The molecule has 3 heterocycles. The number of aryl methyl sites for hydroxylation is 2. The van der Waals surface area contributed by atoms with Gasteiger partial charge in [0, 0.05) is 36.0 Å². The minimum absolute atomic E-state index is 1.27. The van der Waals surface area contributed by atoms with E-state index in [2.05, 4.69) is 59.6 Å². The smallest absolute Gasteiger partial charge is 0.0736 e. The van der Waals surface area contributed by atoms with Gasteiger partial charge in [-0.2, -0.15) is 0 Å². The van der Waals surface area contributed by atoms with Crippen LogP contribution in [0.15, 0.2) is 36.7 Å². The lowest BCUT2D eigenvalue weighted by Gasteiger charge is -1.98. The van der Waals surface area contributed by atoms with Crippen molar-refractivity contribution in [2.24, 2.45) is 7.05 Å². The first-order valence-corrected chi connectivity index (χ1v) is 4.79. The molecule has 0 aliphatic rings. The molecular formula is C12H12N2. The number of hydrogen-bond acceptors (Lipinski definition) is 0. The van der Waals surface area contributed by atoms with Gasteiger partial charge in [-0.1, -0.05) is 6.07 Å². The van der Waals surface area contributed by atoms with E-state index in [0.717, 1.165) is 0 Å². The highest BCUT2D eigenvalue weighted by Crippen LogP contribution is 2.23. The van der Waals surface area contributed by atoms with Crippen LogP contribution in [-0.4, -0.2) is 8.97 Å². The fourth-order valence-electron chi connectivity index (χ4n) is 2.10. The number of fused-ring (bicyclic) bond motifs is 3. The van der Waals surface area contributed by atoms with Crippen LogP contribution in [0.5, 0.6) is 0 Å². The Kier molecular flexibility index (Phi) is 1.32. The van der Waals surface area contributed by atoms with Crippen molar-refractivity contribution in [2.45, 2.75) is 6.92 Å². The van der Waals surface area contributed by atoms with E-state index >= 15 is 0 Å². The summed E-state index contributed by atoms with van der Waals surface area (Å²) in [6.45, 7) is 2.15. The summed E-state index contributed by atoms with van der Waals surface area (Å²) in [7, 11) is 2.09. The van der Waals surface area contributed by atoms with E-state index < -0.39 is 0 Å². The van der Waals surface area contributed by atoms with E-state index in [0.29, 0.717) is 0 Å². The molecule has 0 unspecified atom stereocenters. The molecule has 0 aliphatic heterocycles. The SMILES string of the molecule is Cc1c2c(cc3ccccn32)cn1C. The third kappa shape index (κ3) is 0.803. The van der Waals surface area contributed by atoms with Crippen LogP contribution in [0.3, 0.4) is 0 Å². The van der Waals surface area contributed by atoms with Gasteiger partial charge in [0.1, 0.15) is 0 Å². The van der Waals surface area contributed by atoms with Gasteiger partial charge in [-0.25, -0.2) is 0 Å². The molecule has 0 spiro atoms. The summed E-state index contributed by atoms with van der Waals surface area (Å²) in [6, 6.07) is 8.50. The average molecular weight is 184 g/mol. The van der Waals surface area contributed by atoms with Crippen LogP contribution in [0.1, 0.15) is 5.69 Å². The Hall–Kier alpha value is -1.70. The fraction of sp³-hybridized carbons (Fsp3) is 0.167. The Morgan fingerprint density at radius 1 is 1.21 bits per heavy atom. The Labute approximate surface area is 82.4 Å². The van der Waals surface area contributed by atoms with Crippen molar-refractivity contribution in [3.8, 4) is 0 Å². The molecule has 70 valence electrons. The summed E-state index contributed by atoms with van der Waals surface area (Å²) >= 11 is 0. The van der Waals surface area contributed by atoms with E-state index in [1.54, 1.807) is 0 Å². The predicted octanol–water partition coefficient (Wildman–Crippen LogP) is 2.74. The van der Waals surface area contributed by atoms with Crippen LogP contribution in [0.4, 0.5) is 0 Å². The fourth-order valence-corrected chi connectivity index (χ4v) is 2.10. The molecule has 0 N–H and O–H groups in total. The van der Waals surface area contributed by atoms with Crippen LogP contribution < -0.4 is 0 Å². The van der Waals surface area contributed by atoms with Crippen molar-refractivity contribution >= 4 is 16.4 Å². The van der Waals surface area contributed by atoms with Gasteiger partial charge < -0.3 is 8.97 Å². The van der Waals surface area contributed by atoms with E-state index in [9.17, 15) is 0 Å². The van der Waals surface area contributed by atoms with Gasteiger partial charge in [-0.3, -0.25) is 0 Å². The maximum Gasteiger partial charge on any atom is 0.0736 e. The molecule has 0 saturated carbocycles. The summed E-state index contributed by atoms with van der Waals surface area (Å²) in [5, 5.41) is 1.32. The number of nitrogens with zero attached hydrogens (tertiary/aromatic N) is 2. The molecule has 0 amide bonds. The number of aromatic nitrogens is 2. The maximum absolute atomic E-state index is 2.24. The summed E-state index contributed by atoms with van der Waals surface area (Å²) in [4.78, 5) is 0. The van der Waals surface area contributed by atoms with Crippen LogP contribution in [0.2, 0.25) is 0 Å². The molecule has 0 radical (unpaired) electrons. The minimum Gasteiger partial charge on any atom is -0.352 e. The lowest BCUT2D eigenvalue weighted by molar-refractivity contribution is 0.884. The second-order valence-corrected chi connectivity index (χ2v) is 3.77. The zero-order valence-electron chi connectivity index (χ0n) is 8.36. The Morgan fingerprint density at radius 2 is 2.07 bits per heavy atom. The molecule has 2 heteroatoms. The van der Waals surface area contributed by atoms with Crippen molar-refractivity contribution in [3.63, 3.8) is 0 Å². The van der Waals surface area contributed by atoms with Crippen molar-refractivity contribution in [1.29, 1.82) is 0 Å². The molecule has 0 bridgehead atoms. The van der Waals surface area contributed by atoms with Crippen LogP contribution >= 0.6 is 0 Å². The Bertz CT molecular complexity index is 614. The first-order chi connectivity index (χ1) is 6.77. The number of rotatable bonds is 0. The van der Waals surface area contributed by atoms with Crippen molar-refractivity contribution in [3.05, 3.63) is 42.4 Å². The first kappa shape index (κ1) is 7.68. The molecular weight excluding hydrogens is 172 g/mol. The summed E-state index contributed by atoms with van der Waals surface area (Å²) in [5.41, 5.74) is 3.90. The van der Waals surface area contributed by atoms with Crippen LogP contribution in [0, 0.1) is 6.92 Å². The predicted molar refractivity (Wildman–Crippen MR) is 58.6 cm³/mol. The summed E-state index contributed by atoms with van der Waals surface area (Å²) in [6.07, 6.45) is 4.29. The Balaban J connectivity index is 2.62. The normalized spacial score (nSPS) is 11.6. The zero-order chi connectivity index (χ0) is 9.71. The lowest BCUT2D eigenvalue weighted by Crippen LogP contribution is -1.90. The van der Waals surface area contributed by atoms with Gasteiger partial charge in [0.05, 0.1) is 5.52 Å². The van der Waals surface area contributed by atoms with Gasteiger partial charge >= 0.3 is 0 Å². The highest BCUT2D eigenvalue weighted by molar-refractivity contribution is 5.89. The molecule has 0 atom stereocenters. The Morgan fingerprint density at radius 3 is 2.93 bits per heavy atom. The minimum atomic E-state index is 1.27. The largest absolute Gasteiger partial charge is 0.352 e. The van der Waals surface area contributed by atoms with E-state index in [1.807, 2.05) is 0 Å². The third-order valence-electron chi connectivity index (χ3n) is 2.91. The van der Waals surface area contributed by atoms with E-state index in [4.69, 9.17) is 0 Å². The quantitative estimate of drug-likeness (QED) is 0.508. The summed E-state index contributed by atoms with van der Waals surface area (Å²) < 4.78 is 4.41. The number of pyridine rings is 1. The standard InChI is InChI=1S/C12H12N2/c1-9-12-10(8-13(9)2)7-11-5-3-4-6-14(11)12/h3-8H,1-2H3. The molecule has 2 nitrogen and oxygen atoms in total. The van der Waals surface area contributed by atoms with Crippen molar-refractivity contribution in [2.75, 3.05) is 0 Å². The average Bonchev–Trinajstić information content (AvgIpc) is 2.65. The van der Waals surface area contributed by atoms with Crippen LogP contribution in [-0.2, 0) is 7.05 Å². The second-order valence-electron chi connectivity index (χ2n) is 3.77. The molecule has 3 aromatic rings. The molecule has 0 aliphatic carbocycles. The lowest BCUT2D eigenvalue weighted by atomic mass is 10.3. The molecule has 3 rings (SSSR count). The van der Waals surface area contributed by atoms with E-state index in [1.165, 1.54) is 22.1 Å². The maximum atomic E-state index is 2.24. The number of hydrogen-bond donors (Lipinski definition) is 0. The highest BCUT2D eigenvalue weighted by Gasteiger charge is 2.07. The summed E-state index contributed by atoms with van der Waals surface area (Å²) in [5.74, 6) is 0. The molecule has 14 heavy (non-hydrogen) atoms.